The molecule has 1 aliphatic rings. The monoisotopic (exact) mass is 289 g/mol. The summed E-state index contributed by atoms with van der Waals surface area (Å²) < 4.78 is 0. The summed E-state index contributed by atoms with van der Waals surface area (Å²) in [5.41, 5.74) is 2.30. The number of hydrogen-bond donors (Lipinski definition) is 1. The Morgan fingerprint density at radius 2 is 1.86 bits per heavy atom. The first-order chi connectivity index (χ1) is 10.1. The minimum absolute atomic E-state index is 0.324. The molecule has 1 saturated heterocycles. The normalized spacial score (nSPS) is 22.2. The first kappa shape index (κ1) is 16.5. The molecule has 0 spiro atoms. The van der Waals surface area contributed by atoms with Crippen molar-refractivity contribution in [2.45, 2.75) is 52.6 Å². The summed E-state index contributed by atoms with van der Waals surface area (Å²) in [5.74, 6) is 1.69. The minimum atomic E-state index is -0.324. The van der Waals surface area contributed by atoms with Crippen molar-refractivity contribution in [1.82, 2.24) is 4.90 Å². The van der Waals surface area contributed by atoms with Gasteiger partial charge in [0, 0.05) is 6.54 Å². The molecule has 0 bridgehead atoms. The number of likely N-dealkylation sites (tertiary alicyclic amines) is 1. The van der Waals surface area contributed by atoms with Gasteiger partial charge in [-0.15, -0.1) is 0 Å². The molecule has 1 N–H and O–H groups in total. The van der Waals surface area contributed by atoms with E-state index in [1.54, 1.807) is 0 Å². The summed E-state index contributed by atoms with van der Waals surface area (Å²) in [4.78, 5) is 2.54. The van der Waals surface area contributed by atoms with E-state index in [1.807, 2.05) is 0 Å². The average Bonchev–Trinajstić information content (AvgIpc) is 2.71. The van der Waals surface area contributed by atoms with Crippen molar-refractivity contribution >= 4 is 0 Å². The fraction of sp³-hybridized carbons (Fsp3) is 0.684. The van der Waals surface area contributed by atoms with Crippen LogP contribution in [0.5, 0.6) is 0 Å². The van der Waals surface area contributed by atoms with Crippen molar-refractivity contribution in [3.63, 3.8) is 0 Å². The number of aryl methyl sites for hydroxylation is 1. The molecule has 21 heavy (non-hydrogen) atoms. The van der Waals surface area contributed by atoms with Gasteiger partial charge < -0.3 is 10.0 Å². The lowest BCUT2D eigenvalue weighted by Crippen LogP contribution is -2.27. The summed E-state index contributed by atoms with van der Waals surface area (Å²) in [6.07, 6.45) is 4.51. The van der Waals surface area contributed by atoms with Gasteiger partial charge in [-0.1, -0.05) is 43.7 Å². The van der Waals surface area contributed by atoms with Gasteiger partial charge in [-0.25, -0.2) is 0 Å². The molecular weight excluding hydrogens is 258 g/mol. The van der Waals surface area contributed by atoms with E-state index in [0.29, 0.717) is 0 Å². The second kappa shape index (κ2) is 7.95. The van der Waals surface area contributed by atoms with Gasteiger partial charge >= 0.3 is 0 Å². The molecule has 2 nitrogen and oxygen atoms in total. The number of nitrogens with zero attached hydrogens (tertiary/aromatic N) is 1. The topological polar surface area (TPSA) is 23.5 Å². The number of aliphatic hydroxyl groups excluding tert-OH is 1. The number of benzene rings is 1. The van der Waals surface area contributed by atoms with E-state index in [9.17, 15) is 5.11 Å². The Kier molecular flexibility index (Phi) is 6.25. The van der Waals surface area contributed by atoms with Gasteiger partial charge in [-0.05, 0) is 63.1 Å². The lowest BCUT2D eigenvalue weighted by molar-refractivity contribution is 0.142. The van der Waals surface area contributed by atoms with Gasteiger partial charge in [0.15, 0.2) is 0 Å². The van der Waals surface area contributed by atoms with Gasteiger partial charge in [0.1, 0.15) is 0 Å². The lowest BCUT2D eigenvalue weighted by Gasteiger charge is -2.22. The van der Waals surface area contributed by atoms with E-state index in [1.165, 1.54) is 37.9 Å². The molecule has 0 saturated carbocycles. The van der Waals surface area contributed by atoms with Crippen molar-refractivity contribution in [2.24, 2.45) is 11.8 Å². The van der Waals surface area contributed by atoms with Gasteiger partial charge in [0.05, 0.1) is 6.10 Å². The van der Waals surface area contributed by atoms with E-state index >= 15 is 0 Å². The van der Waals surface area contributed by atoms with Crippen LogP contribution in [-0.2, 0) is 0 Å². The zero-order valence-corrected chi connectivity index (χ0v) is 13.9. The van der Waals surface area contributed by atoms with Crippen molar-refractivity contribution < 1.29 is 5.11 Å². The first-order valence-electron chi connectivity index (χ1n) is 8.53. The highest BCUT2D eigenvalue weighted by Gasteiger charge is 2.20. The molecule has 0 aliphatic carbocycles. The highest BCUT2D eigenvalue weighted by molar-refractivity contribution is 5.23. The second-order valence-electron chi connectivity index (χ2n) is 6.99. The number of hydrogen-bond acceptors (Lipinski definition) is 2. The largest absolute Gasteiger partial charge is 0.388 e. The molecule has 1 heterocycles. The third-order valence-electron chi connectivity index (χ3n) is 4.99. The van der Waals surface area contributed by atoms with Crippen LogP contribution in [0, 0.1) is 18.8 Å². The van der Waals surface area contributed by atoms with Crippen LogP contribution in [0.4, 0.5) is 0 Å². The van der Waals surface area contributed by atoms with Crippen LogP contribution in [0.1, 0.15) is 56.8 Å². The maximum Gasteiger partial charge on any atom is 0.0802 e. The van der Waals surface area contributed by atoms with Crippen LogP contribution in [-0.4, -0.2) is 29.6 Å². The number of aliphatic hydroxyl groups is 1. The van der Waals surface area contributed by atoms with Gasteiger partial charge in [0.25, 0.3) is 0 Å². The highest BCUT2D eigenvalue weighted by atomic mass is 16.3. The maximum absolute atomic E-state index is 10.3. The third-order valence-corrected chi connectivity index (χ3v) is 4.99. The van der Waals surface area contributed by atoms with Crippen LogP contribution >= 0.6 is 0 Å². The maximum atomic E-state index is 10.3. The Morgan fingerprint density at radius 1 is 1.14 bits per heavy atom. The van der Waals surface area contributed by atoms with Crippen LogP contribution in [0.25, 0.3) is 0 Å². The molecule has 2 unspecified atom stereocenters. The first-order valence-corrected chi connectivity index (χ1v) is 8.53. The molecule has 1 aromatic rings. The smallest absolute Gasteiger partial charge is 0.0802 e. The van der Waals surface area contributed by atoms with Crippen LogP contribution in [0.15, 0.2) is 24.3 Å². The van der Waals surface area contributed by atoms with E-state index in [-0.39, 0.29) is 6.10 Å². The zero-order valence-electron chi connectivity index (χ0n) is 13.9. The van der Waals surface area contributed by atoms with Crippen molar-refractivity contribution in [3.8, 4) is 0 Å². The molecule has 2 rings (SSSR count). The van der Waals surface area contributed by atoms with Crippen LogP contribution in [0.3, 0.4) is 0 Å². The predicted molar refractivity (Wildman–Crippen MR) is 89.4 cm³/mol. The van der Waals surface area contributed by atoms with E-state index in [4.69, 9.17) is 0 Å². The van der Waals surface area contributed by atoms with Gasteiger partial charge in [-0.3, -0.25) is 0 Å². The Labute approximate surface area is 130 Å². The second-order valence-corrected chi connectivity index (χ2v) is 6.99. The Hall–Kier alpha value is -0.860. The molecule has 2 atom stereocenters. The highest BCUT2D eigenvalue weighted by Crippen LogP contribution is 2.25. The Morgan fingerprint density at radius 3 is 2.52 bits per heavy atom. The minimum Gasteiger partial charge on any atom is -0.388 e. The third kappa shape index (κ3) is 5.12. The van der Waals surface area contributed by atoms with E-state index in [2.05, 4.69) is 49.9 Å². The number of rotatable bonds is 5. The molecule has 0 radical (unpaired) electrons. The van der Waals surface area contributed by atoms with Crippen molar-refractivity contribution in [3.05, 3.63) is 35.4 Å². The molecule has 0 amide bonds. The summed E-state index contributed by atoms with van der Waals surface area (Å²) in [7, 11) is 0. The van der Waals surface area contributed by atoms with Crippen LogP contribution < -0.4 is 0 Å². The van der Waals surface area contributed by atoms with E-state index < -0.39 is 0 Å². The molecule has 118 valence electrons. The molecular formula is C19H31NO. The standard InChI is InChI=1S/C19H31NO/c1-15(2)17-5-4-12-20(13-10-17)14-11-19(21)18-8-6-16(3)7-9-18/h6-9,15,17,19,21H,4-5,10-14H2,1-3H3. The average molecular weight is 289 g/mol. The van der Waals surface area contributed by atoms with Crippen molar-refractivity contribution in [2.75, 3.05) is 19.6 Å². The zero-order chi connectivity index (χ0) is 15.2. The summed E-state index contributed by atoms with van der Waals surface area (Å²) >= 11 is 0. The molecule has 1 aromatic carbocycles. The van der Waals surface area contributed by atoms with E-state index in [0.717, 1.165) is 30.4 Å². The predicted octanol–water partition coefficient (Wildman–Crippen LogP) is 4.18. The SMILES string of the molecule is Cc1ccc(C(O)CCN2CCCC(C(C)C)CC2)cc1. The quantitative estimate of drug-likeness (QED) is 0.879. The fourth-order valence-electron chi connectivity index (χ4n) is 3.33. The molecule has 0 aromatic heterocycles. The fourth-order valence-corrected chi connectivity index (χ4v) is 3.33. The summed E-state index contributed by atoms with van der Waals surface area (Å²) in [6, 6.07) is 8.27. The lowest BCUT2D eigenvalue weighted by atomic mass is 9.89. The summed E-state index contributed by atoms with van der Waals surface area (Å²) in [6.45, 7) is 10.2. The summed E-state index contributed by atoms with van der Waals surface area (Å²) in [5, 5.41) is 10.3. The molecule has 2 heteroatoms. The van der Waals surface area contributed by atoms with Crippen LogP contribution in [0.2, 0.25) is 0 Å². The Bertz CT molecular complexity index is 412. The van der Waals surface area contributed by atoms with Gasteiger partial charge in [-0.2, -0.15) is 0 Å². The molecule has 1 aliphatic heterocycles. The molecule has 1 fully saturated rings. The van der Waals surface area contributed by atoms with Crippen molar-refractivity contribution in [1.29, 1.82) is 0 Å². The Balaban J connectivity index is 1.78. The van der Waals surface area contributed by atoms with Gasteiger partial charge in [0.2, 0.25) is 0 Å².